The number of nitrogens with zero attached hydrogens (tertiary/aromatic N) is 1. The molecule has 2 N–H and O–H groups in total. The number of ketones is 1. The second kappa shape index (κ2) is 7.84. The van der Waals surface area contributed by atoms with E-state index < -0.39 is 14.6 Å². The lowest BCUT2D eigenvalue weighted by molar-refractivity contribution is -0.127. The molecular weight excluding hydrogens is 405 g/mol. The summed E-state index contributed by atoms with van der Waals surface area (Å²) in [6.45, 7) is 6.01. The second-order valence-corrected chi connectivity index (χ2v) is 11.5. The van der Waals surface area contributed by atoms with Crippen LogP contribution in [0.3, 0.4) is 0 Å². The van der Waals surface area contributed by atoms with Gasteiger partial charge in [0.2, 0.25) is 6.79 Å². The monoisotopic (exact) mass is 439 g/mol. The predicted octanol–water partition coefficient (Wildman–Crippen LogP) is 4.59. The number of carbonyl (C=O) groups is 1. The summed E-state index contributed by atoms with van der Waals surface area (Å²) in [7, 11) is -4.54. The van der Waals surface area contributed by atoms with Gasteiger partial charge in [-0.15, -0.1) is 0 Å². The fourth-order valence-corrected chi connectivity index (χ4v) is 7.70. The van der Waals surface area contributed by atoms with Crippen molar-refractivity contribution in [2.75, 3.05) is 6.79 Å². The molecule has 4 rings (SSSR count). The van der Waals surface area contributed by atoms with Crippen LogP contribution in [-0.4, -0.2) is 28.1 Å². The van der Waals surface area contributed by atoms with E-state index in [2.05, 4.69) is 29.6 Å². The molecule has 0 saturated heterocycles. The first-order chi connectivity index (χ1) is 14.0. The van der Waals surface area contributed by atoms with E-state index in [-0.39, 0.29) is 16.7 Å². The highest BCUT2D eigenvalue weighted by atomic mass is 31.2. The van der Waals surface area contributed by atoms with E-state index in [0.29, 0.717) is 23.5 Å². The average Bonchev–Trinajstić information content (AvgIpc) is 3.02. The Labute approximate surface area is 178 Å². The number of phosphoric ester groups is 1. The summed E-state index contributed by atoms with van der Waals surface area (Å²) < 4.78 is 15.0. The van der Waals surface area contributed by atoms with Gasteiger partial charge in [-0.25, -0.2) is 9.09 Å². The summed E-state index contributed by atoms with van der Waals surface area (Å²) in [4.78, 5) is 34.7. The molecule has 7 nitrogen and oxygen atoms in total. The SMILES string of the molecule is CC(=O)[C@H]1CC[C@H]2[C@@H]3CCC4=C/C(=N/OCOP(=O)(O)O)CC[C@]4(C)[C@H]3CC[C@]12C. The van der Waals surface area contributed by atoms with Crippen molar-refractivity contribution in [2.45, 2.75) is 72.1 Å². The first-order valence-corrected chi connectivity index (χ1v) is 12.7. The van der Waals surface area contributed by atoms with Gasteiger partial charge in [0.25, 0.3) is 0 Å². The fourth-order valence-electron chi connectivity index (χ4n) is 7.51. The smallest absolute Gasteiger partial charge is 0.366 e. The fraction of sp³-hybridized carbons (Fsp3) is 0.818. The molecule has 0 aromatic rings. The average molecular weight is 439 g/mol. The molecule has 168 valence electrons. The summed E-state index contributed by atoms with van der Waals surface area (Å²) in [5, 5.41) is 4.04. The van der Waals surface area contributed by atoms with Crippen LogP contribution in [-0.2, 0) is 18.7 Å². The summed E-state index contributed by atoms with van der Waals surface area (Å²) in [5.74, 6) is 2.63. The Morgan fingerprint density at radius 2 is 1.93 bits per heavy atom. The van der Waals surface area contributed by atoms with E-state index in [1.165, 1.54) is 24.8 Å². The molecule has 0 radical (unpaired) electrons. The van der Waals surface area contributed by atoms with Gasteiger partial charge in [0.05, 0.1) is 5.71 Å². The molecular formula is C22H34NO6P. The Morgan fingerprint density at radius 1 is 1.17 bits per heavy atom. The minimum absolute atomic E-state index is 0.167. The highest BCUT2D eigenvalue weighted by Crippen LogP contribution is 2.66. The Hall–Kier alpha value is -1.01. The Balaban J connectivity index is 1.48. The maximum absolute atomic E-state index is 12.3. The van der Waals surface area contributed by atoms with Crippen LogP contribution in [0.5, 0.6) is 0 Å². The van der Waals surface area contributed by atoms with Crippen LogP contribution in [0.4, 0.5) is 0 Å². The van der Waals surface area contributed by atoms with Gasteiger partial charge in [-0.2, -0.15) is 0 Å². The van der Waals surface area contributed by atoms with Crippen molar-refractivity contribution in [3.63, 3.8) is 0 Å². The lowest BCUT2D eigenvalue weighted by Gasteiger charge is -2.58. The van der Waals surface area contributed by atoms with E-state index in [9.17, 15) is 9.36 Å². The zero-order valence-electron chi connectivity index (χ0n) is 18.2. The predicted molar refractivity (Wildman–Crippen MR) is 112 cm³/mol. The van der Waals surface area contributed by atoms with Gasteiger partial charge in [-0.05, 0) is 93.0 Å². The molecule has 6 atom stereocenters. The number of oxime groups is 1. The summed E-state index contributed by atoms with van der Waals surface area (Å²) in [6.07, 6.45) is 10.8. The van der Waals surface area contributed by atoms with Crippen molar-refractivity contribution >= 4 is 19.3 Å². The van der Waals surface area contributed by atoms with E-state index in [1.807, 2.05) is 0 Å². The van der Waals surface area contributed by atoms with Gasteiger partial charge in [0, 0.05) is 5.92 Å². The molecule has 0 amide bonds. The molecule has 3 saturated carbocycles. The number of rotatable bonds is 5. The van der Waals surface area contributed by atoms with Crippen molar-refractivity contribution < 1.29 is 28.5 Å². The largest absolute Gasteiger partial charge is 0.472 e. The van der Waals surface area contributed by atoms with E-state index in [4.69, 9.17) is 14.6 Å². The topological polar surface area (TPSA) is 105 Å². The summed E-state index contributed by atoms with van der Waals surface area (Å²) in [6, 6.07) is 0. The van der Waals surface area contributed by atoms with Crippen molar-refractivity contribution in [3.05, 3.63) is 11.6 Å². The standard InChI is InChI=1S/C22H34NO6P/c1-14(24)18-6-7-19-17-5-4-15-12-16(23-28-13-29-30(25,26)27)8-10-21(15,2)20(17)9-11-22(18,19)3/h12,17-20H,4-11,13H2,1-3H3,(H2,25,26,27)/b23-16+/t17-,18+,19-,20-,21-,22+/m0/s1. The van der Waals surface area contributed by atoms with E-state index in [1.54, 1.807) is 6.92 Å². The number of hydrogen-bond acceptors (Lipinski definition) is 5. The highest BCUT2D eigenvalue weighted by Gasteiger charge is 2.59. The van der Waals surface area contributed by atoms with Crippen molar-refractivity contribution in [2.24, 2.45) is 39.7 Å². The molecule has 0 spiro atoms. The first kappa shape index (κ1) is 22.2. The van der Waals surface area contributed by atoms with Gasteiger partial charge in [0.1, 0.15) is 5.78 Å². The van der Waals surface area contributed by atoms with Crippen LogP contribution in [0, 0.1) is 34.5 Å². The van der Waals surface area contributed by atoms with Crippen LogP contribution in [0.1, 0.15) is 72.1 Å². The third-order valence-corrected chi connectivity index (χ3v) is 9.37. The van der Waals surface area contributed by atoms with Crippen molar-refractivity contribution in [1.29, 1.82) is 0 Å². The lowest BCUT2D eigenvalue weighted by atomic mass is 9.46. The first-order valence-electron chi connectivity index (χ1n) is 11.1. The molecule has 0 unspecified atom stereocenters. The number of phosphoric acid groups is 1. The van der Waals surface area contributed by atoms with E-state index >= 15 is 0 Å². The molecule has 4 aliphatic rings. The maximum Gasteiger partial charge on any atom is 0.472 e. The highest BCUT2D eigenvalue weighted by molar-refractivity contribution is 7.46. The molecule has 0 bridgehead atoms. The van der Waals surface area contributed by atoms with Crippen LogP contribution in [0.2, 0.25) is 0 Å². The van der Waals surface area contributed by atoms with Crippen LogP contribution in [0.15, 0.2) is 16.8 Å². The number of Topliss-reactive ketones (excluding diaryl/α,β-unsaturated/α-hetero) is 1. The van der Waals surface area contributed by atoms with Crippen molar-refractivity contribution in [3.8, 4) is 0 Å². The third kappa shape index (κ3) is 3.83. The molecule has 8 heteroatoms. The lowest BCUT2D eigenvalue weighted by Crippen LogP contribution is -2.51. The normalized spacial score (nSPS) is 42.2. The molecule has 3 fully saturated rings. The quantitative estimate of drug-likeness (QED) is 0.281. The molecule has 4 aliphatic carbocycles. The molecule has 30 heavy (non-hydrogen) atoms. The van der Waals surface area contributed by atoms with Gasteiger partial charge < -0.3 is 14.6 Å². The van der Waals surface area contributed by atoms with Gasteiger partial charge in [-0.1, -0.05) is 24.6 Å². The minimum atomic E-state index is -4.54. The summed E-state index contributed by atoms with van der Waals surface area (Å²) in [5.41, 5.74) is 2.59. The zero-order valence-corrected chi connectivity index (χ0v) is 19.1. The van der Waals surface area contributed by atoms with Gasteiger partial charge in [-0.3, -0.25) is 4.79 Å². The zero-order chi connectivity index (χ0) is 21.7. The third-order valence-electron chi connectivity index (χ3n) is 8.92. The Morgan fingerprint density at radius 3 is 2.63 bits per heavy atom. The molecule has 0 aromatic heterocycles. The second-order valence-electron chi connectivity index (χ2n) is 10.2. The number of carbonyl (C=O) groups excluding carboxylic acids is 1. The van der Waals surface area contributed by atoms with Crippen LogP contribution < -0.4 is 0 Å². The minimum Gasteiger partial charge on any atom is -0.366 e. The van der Waals surface area contributed by atoms with Crippen molar-refractivity contribution in [1.82, 2.24) is 0 Å². The van der Waals surface area contributed by atoms with Crippen LogP contribution >= 0.6 is 7.82 Å². The Kier molecular flexibility index (Phi) is 5.80. The van der Waals surface area contributed by atoms with Gasteiger partial charge in [0.15, 0.2) is 0 Å². The number of allylic oxidation sites excluding steroid dienone is 2. The summed E-state index contributed by atoms with van der Waals surface area (Å²) >= 11 is 0. The van der Waals surface area contributed by atoms with Crippen LogP contribution in [0.25, 0.3) is 0 Å². The molecule has 0 aliphatic heterocycles. The Bertz CT molecular complexity index is 818. The molecule has 0 aromatic carbocycles. The van der Waals surface area contributed by atoms with E-state index in [0.717, 1.165) is 37.8 Å². The number of hydrogen-bond donors (Lipinski definition) is 2. The maximum atomic E-state index is 12.3. The molecule has 0 heterocycles. The van der Waals surface area contributed by atoms with Gasteiger partial charge >= 0.3 is 7.82 Å². The number of fused-ring (bicyclic) bond motifs is 5.